The number of furan rings is 2. The van der Waals surface area contributed by atoms with Crippen LogP contribution in [0, 0.1) is 0 Å². The quantitative estimate of drug-likeness (QED) is 0.208. The Morgan fingerprint density at radius 2 is 1.02 bits per heavy atom. The maximum atomic E-state index is 6.45. The molecule has 10 rings (SSSR count). The number of benzene rings is 7. The first-order valence-electron chi connectivity index (χ1n) is 14.8. The summed E-state index contributed by atoms with van der Waals surface area (Å²) in [6.45, 7) is 0. The maximum Gasteiger partial charge on any atom is 0.137 e. The summed E-state index contributed by atoms with van der Waals surface area (Å²) in [5.74, 6) is 0. The fraction of sp³-hybridized carbons (Fsp3) is 0. The van der Waals surface area contributed by atoms with Crippen molar-refractivity contribution in [2.24, 2.45) is 0 Å². The van der Waals surface area contributed by atoms with Crippen molar-refractivity contribution >= 4 is 103 Å². The van der Waals surface area contributed by atoms with Gasteiger partial charge in [0.2, 0.25) is 0 Å². The van der Waals surface area contributed by atoms with Gasteiger partial charge in [0.1, 0.15) is 22.3 Å². The summed E-state index contributed by atoms with van der Waals surface area (Å²) < 4.78 is 15.3. The van der Waals surface area contributed by atoms with Crippen LogP contribution in [0.4, 0.5) is 17.1 Å². The van der Waals surface area contributed by atoms with Crippen molar-refractivity contribution in [2.45, 2.75) is 0 Å². The summed E-state index contributed by atoms with van der Waals surface area (Å²) in [5, 5.41) is 9.66. The van der Waals surface area contributed by atoms with E-state index in [1.807, 2.05) is 23.5 Å². The predicted molar refractivity (Wildman–Crippen MR) is 186 cm³/mol. The van der Waals surface area contributed by atoms with Gasteiger partial charge in [-0.2, -0.15) is 0 Å². The van der Waals surface area contributed by atoms with E-state index in [0.29, 0.717) is 0 Å². The van der Waals surface area contributed by atoms with Crippen molar-refractivity contribution in [2.75, 3.05) is 4.90 Å². The van der Waals surface area contributed by atoms with Crippen LogP contribution in [0.2, 0.25) is 0 Å². The van der Waals surface area contributed by atoms with E-state index in [9.17, 15) is 0 Å². The van der Waals surface area contributed by atoms with Crippen molar-refractivity contribution in [3.05, 3.63) is 140 Å². The first kappa shape index (κ1) is 23.9. The molecule has 0 aliphatic heterocycles. The number of rotatable bonds is 3. The van der Waals surface area contributed by atoms with E-state index in [4.69, 9.17) is 8.83 Å². The van der Waals surface area contributed by atoms with Crippen molar-refractivity contribution < 1.29 is 8.83 Å². The van der Waals surface area contributed by atoms with Crippen LogP contribution in [0.15, 0.2) is 148 Å². The van der Waals surface area contributed by atoms with Crippen molar-refractivity contribution in [3.8, 4) is 0 Å². The summed E-state index contributed by atoms with van der Waals surface area (Å²) in [4.78, 5) is 2.30. The predicted octanol–water partition coefficient (Wildman–Crippen LogP) is 12.5. The molecule has 0 N–H and O–H groups in total. The largest absolute Gasteiger partial charge is 0.456 e. The van der Waals surface area contributed by atoms with Gasteiger partial charge in [-0.25, -0.2) is 0 Å². The topological polar surface area (TPSA) is 29.5 Å². The Balaban J connectivity index is 1.23. The molecule has 0 saturated carbocycles. The van der Waals surface area contributed by atoms with Gasteiger partial charge >= 0.3 is 0 Å². The molecule has 0 spiro atoms. The first-order chi connectivity index (χ1) is 21.8. The van der Waals surface area contributed by atoms with Gasteiger partial charge in [0, 0.05) is 64.8 Å². The van der Waals surface area contributed by atoms with Crippen LogP contribution >= 0.6 is 11.3 Å². The lowest BCUT2D eigenvalue weighted by atomic mass is 10.0. The van der Waals surface area contributed by atoms with Crippen LogP contribution in [0.3, 0.4) is 0 Å². The molecule has 0 aliphatic carbocycles. The number of nitrogens with zero attached hydrogens (tertiary/aromatic N) is 1. The lowest BCUT2D eigenvalue weighted by Gasteiger charge is -2.25. The zero-order valence-electron chi connectivity index (χ0n) is 23.5. The molecule has 0 bridgehead atoms. The van der Waals surface area contributed by atoms with E-state index in [2.05, 4.69) is 132 Å². The normalized spacial score (nSPS) is 12.1. The number of anilines is 3. The first-order valence-corrected chi connectivity index (χ1v) is 15.6. The second-order valence-corrected chi connectivity index (χ2v) is 12.3. The van der Waals surface area contributed by atoms with E-state index >= 15 is 0 Å². The van der Waals surface area contributed by atoms with Gasteiger partial charge in [-0.05, 0) is 71.4 Å². The third-order valence-corrected chi connectivity index (χ3v) is 10.1. The summed E-state index contributed by atoms with van der Waals surface area (Å²) in [7, 11) is 0. The summed E-state index contributed by atoms with van der Waals surface area (Å²) in [6.07, 6.45) is 0. The Morgan fingerprint density at radius 1 is 0.386 bits per heavy atom. The Labute approximate surface area is 255 Å². The van der Waals surface area contributed by atoms with Gasteiger partial charge in [0.25, 0.3) is 0 Å². The van der Waals surface area contributed by atoms with E-state index in [-0.39, 0.29) is 0 Å². The van der Waals surface area contributed by atoms with Crippen molar-refractivity contribution in [3.63, 3.8) is 0 Å². The van der Waals surface area contributed by atoms with E-state index in [0.717, 1.165) is 55.6 Å². The summed E-state index contributed by atoms with van der Waals surface area (Å²) in [6, 6.07) is 49.3. The minimum atomic E-state index is 0.874. The molecule has 206 valence electrons. The Hall–Kier alpha value is -5.58. The maximum absolute atomic E-state index is 6.45. The van der Waals surface area contributed by atoms with E-state index < -0.39 is 0 Å². The molecule has 0 saturated heterocycles. The molecule has 44 heavy (non-hydrogen) atoms. The van der Waals surface area contributed by atoms with E-state index in [1.54, 1.807) is 0 Å². The Morgan fingerprint density at radius 3 is 1.95 bits per heavy atom. The molecule has 0 fully saturated rings. The second kappa shape index (κ2) is 8.96. The van der Waals surface area contributed by atoms with Gasteiger partial charge in [-0.3, -0.25) is 0 Å². The highest BCUT2D eigenvalue weighted by molar-refractivity contribution is 7.27. The molecule has 10 aromatic rings. The van der Waals surface area contributed by atoms with Gasteiger partial charge in [0.15, 0.2) is 0 Å². The average Bonchev–Trinajstić information content (AvgIpc) is 3.76. The molecule has 3 heterocycles. The standard InChI is InChI=1S/C40H23NO2S/c1-2-9-25(10-3-1)41(27-15-18-30-29-12-6-7-13-34(29)43-37(30)23-27)26-16-20-35-33(22-26)38-36(42-35)21-19-32-31-17-14-24-8-4-5-11-28(24)39(31)44-40(32)38/h1-23H. The molecule has 3 nitrogen and oxygen atoms in total. The van der Waals surface area contributed by atoms with Crippen LogP contribution in [0.1, 0.15) is 0 Å². The number of thiophene rings is 1. The SMILES string of the molecule is c1ccc(N(c2ccc3c(c2)oc2ccccc23)c2ccc3oc4ccc5c6ccc7ccccc7c6sc5c4c3c2)cc1. The van der Waals surface area contributed by atoms with Crippen molar-refractivity contribution in [1.29, 1.82) is 0 Å². The van der Waals surface area contributed by atoms with Gasteiger partial charge in [0.05, 0.1) is 0 Å². The molecule has 3 aromatic heterocycles. The number of para-hydroxylation sites is 2. The van der Waals surface area contributed by atoms with Gasteiger partial charge in [-0.15, -0.1) is 11.3 Å². The number of hydrogen-bond donors (Lipinski definition) is 0. The van der Waals surface area contributed by atoms with E-state index in [1.165, 1.54) is 36.3 Å². The highest BCUT2D eigenvalue weighted by Gasteiger charge is 2.19. The fourth-order valence-corrected chi connectivity index (χ4v) is 8.22. The average molecular weight is 582 g/mol. The highest BCUT2D eigenvalue weighted by atomic mass is 32.1. The molecule has 4 heteroatoms. The Kier molecular flexibility index (Phi) is 4.87. The highest BCUT2D eigenvalue weighted by Crippen LogP contribution is 2.46. The lowest BCUT2D eigenvalue weighted by Crippen LogP contribution is -2.09. The minimum Gasteiger partial charge on any atom is -0.456 e. The third kappa shape index (κ3) is 3.37. The monoisotopic (exact) mass is 581 g/mol. The molecule has 7 aromatic carbocycles. The van der Waals surface area contributed by atoms with Crippen LogP contribution < -0.4 is 4.90 Å². The van der Waals surface area contributed by atoms with Crippen LogP contribution in [-0.4, -0.2) is 0 Å². The van der Waals surface area contributed by atoms with Gasteiger partial charge in [-0.1, -0.05) is 72.8 Å². The molecular formula is C40H23NO2S. The summed E-state index contributed by atoms with van der Waals surface area (Å²) >= 11 is 1.86. The molecule has 0 aliphatic rings. The lowest BCUT2D eigenvalue weighted by molar-refractivity contribution is 0.668. The molecule has 0 amide bonds. The van der Waals surface area contributed by atoms with Gasteiger partial charge < -0.3 is 13.7 Å². The Bertz CT molecular complexity index is 2730. The summed E-state index contributed by atoms with van der Waals surface area (Å²) in [5.41, 5.74) is 6.75. The van der Waals surface area contributed by atoms with Crippen LogP contribution in [0.5, 0.6) is 0 Å². The van der Waals surface area contributed by atoms with Crippen molar-refractivity contribution in [1.82, 2.24) is 0 Å². The number of hydrogen-bond acceptors (Lipinski definition) is 4. The molecule has 0 radical (unpaired) electrons. The molecule has 0 atom stereocenters. The second-order valence-electron chi connectivity index (χ2n) is 11.3. The zero-order valence-corrected chi connectivity index (χ0v) is 24.3. The molecule has 0 unspecified atom stereocenters. The fourth-order valence-electron chi connectivity index (χ4n) is 6.83. The minimum absolute atomic E-state index is 0.874. The zero-order chi connectivity index (χ0) is 28.8. The smallest absolute Gasteiger partial charge is 0.137 e. The molecular weight excluding hydrogens is 559 g/mol. The van der Waals surface area contributed by atoms with Crippen LogP contribution in [0.25, 0.3) is 74.8 Å². The number of fused-ring (bicyclic) bond motifs is 12. The third-order valence-electron chi connectivity index (χ3n) is 8.84. The van der Waals surface area contributed by atoms with Crippen LogP contribution in [-0.2, 0) is 0 Å².